The summed E-state index contributed by atoms with van der Waals surface area (Å²) in [6, 6.07) is 22.8. The molecule has 3 aromatic carbocycles. The van der Waals surface area contributed by atoms with E-state index in [0.717, 1.165) is 51.5 Å². The predicted molar refractivity (Wildman–Crippen MR) is 139 cm³/mol. The summed E-state index contributed by atoms with van der Waals surface area (Å²) in [5, 5.41) is 4.34. The Morgan fingerprint density at radius 3 is 2.34 bits per heavy atom. The first-order chi connectivity index (χ1) is 15.0. The van der Waals surface area contributed by atoms with E-state index in [9.17, 15) is 0 Å². The molecule has 32 heavy (non-hydrogen) atoms. The van der Waals surface area contributed by atoms with E-state index in [1.807, 2.05) is 31.2 Å². The molecule has 0 radical (unpaired) electrons. The third-order valence-electron chi connectivity index (χ3n) is 5.03. The van der Waals surface area contributed by atoms with Gasteiger partial charge >= 0.3 is 0 Å². The standard InChI is InChI=1S/C26H29BrClNO2.ClH/c1-3-30-25-16-22(17-29-19(2)9-10-20-7-5-4-6-8-20)15-24(27)26(25)31-18-21-11-13-23(28)14-12-21;/h4-8,11-16,19,29H,3,9-10,17-18H2,1-2H3;1H. The van der Waals surface area contributed by atoms with Gasteiger partial charge in [0.1, 0.15) is 6.61 Å². The molecule has 0 spiro atoms. The molecule has 0 saturated carbocycles. The van der Waals surface area contributed by atoms with Crippen LogP contribution in [0.4, 0.5) is 0 Å². The highest BCUT2D eigenvalue weighted by Gasteiger charge is 2.13. The van der Waals surface area contributed by atoms with Crippen molar-refractivity contribution in [1.29, 1.82) is 0 Å². The highest BCUT2D eigenvalue weighted by molar-refractivity contribution is 9.10. The van der Waals surface area contributed by atoms with Crippen molar-refractivity contribution < 1.29 is 9.47 Å². The topological polar surface area (TPSA) is 30.5 Å². The van der Waals surface area contributed by atoms with Crippen molar-refractivity contribution in [3.63, 3.8) is 0 Å². The zero-order chi connectivity index (χ0) is 22.1. The Balaban J connectivity index is 0.00000363. The van der Waals surface area contributed by atoms with Crippen molar-refractivity contribution in [1.82, 2.24) is 5.32 Å². The first kappa shape index (κ1) is 26.5. The Hall–Kier alpha value is -1.72. The molecule has 0 aliphatic rings. The van der Waals surface area contributed by atoms with Gasteiger partial charge in [0.05, 0.1) is 11.1 Å². The molecule has 0 heterocycles. The van der Waals surface area contributed by atoms with Crippen LogP contribution in [0.2, 0.25) is 5.02 Å². The van der Waals surface area contributed by atoms with E-state index in [4.69, 9.17) is 21.1 Å². The zero-order valence-electron chi connectivity index (χ0n) is 18.4. The molecule has 0 fully saturated rings. The SMILES string of the molecule is CCOc1cc(CNC(C)CCc2ccccc2)cc(Br)c1OCc1ccc(Cl)cc1.Cl. The molecule has 1 atom stereocenters. The highest BCUT2D eigenvalue weighted by Crippen LogP contribution is 2.37. The van der Waals surface area contributed by atoms with Crippen molar-refractivity contribution in [3.05, 3.63) is 92.9 Å². The molecule has 3 nitrogen and oxygen atoms in total. The van der Waals surface area contributed by atoms with Crippen LogP contribution in [0.15, 0.2) is 71.2 Å². The van der Waals surface area contributed by atoms with Crippen molar-refractivity contribution in [2.75, 3.05) is 6.61 Å². The molecule has 0 aliphatic heterocycles. The molecular weight excluding hydrogens is 509 g/mol. The summed E-state index contributed by atoms with van der Waals surface area (Å²) in [5.41, 5.74) is 3.58. The van der Waals surface area contributed by atoms with Crippen molar-refractivity contribution in [3.8, 4) is 11.5 Å². The maximum atomic E-state index is 6.08. The van der Waals surface area contributed by atoms with Crippen LogP contribution in [0.5, 0.6) is 11.5 Å². The molecule has 172 valence electrons. The van der Waals surface area contributed by atoms with Gasteiger partial charge in [0.15, 0.2) is 11.5 Å². The van der Waals surface area contributed by atoms with Crippen LogP contribution in [-0.2, 0) is 19.6 Å². The summed E-state index contributed by atoms with van der Waals surface area (Å²) in [6.07, 6.45) is 2.16. The van der Waals surface area contributed by atoms with Gasteiger partial charge in [-0.2, -0.15) is 0 Å². The molecule has 3 rings (SSSR count). The minimum Gasteiger partial charge on any atom is -0.490 e. The summed E-state index contributed by atoms with van der Waals surface area (Å²) in [7, 11) is 0. The third kappa shape index (κ3) is 8.32. The van der Waals surface area contributed by atoms with Crippen molar-refractivity contribution in [2.45, 2.75) is 45.9 Å². The number of nitrogens with one attached hydrogen (secondary N) is 1. The summed E-state index contributed by atoms with van der Waals surface area (Å²) < 4.78 is 12.8. The van der Waals surface area contributed by atoms with Gasteiger partial charge in [-0.3, -0.25) is 0 Å². The van der Waals surface area contributed by atoms with Crippen LogP contribution in [0.1, 0.15) is 37.0 Å². The normalized spacial score (nSPS) is 11.5. The van der Waals surface area contributed by atoms with E-state index in [2.05, 4.69) is 70.6 Å². The summed E-state index contributed by atoms with van der Waals surface area (Å²) >= 11 is 9.63. The van der Waals surface area contributed by atoms with Crippen LogP contribution in [-0.4, -0.2) is 12.6 Å². The van der Waals surface area contributed by atoms with Gasteiger partial charge in [-0.1, -0.05) is 54.1 Å². The lowest BCUT2D eigenvalue weighted by Gasteiger charge is -2.18. The van der Waals surface area contributed by atoms with Crippen molar-refractivity contribution in [2.24, 2.45) is 0 Å². The average Bonchev–Trinajstić information content (AvgIpc) is 2.78. The Labute approximate surface area is 211 Å². The molecule has 0 saturated heterocycles. The lowest BCUT2D eigenvalue weighted by atomic mass is 10.1. The van der Waals surface area contributed by atoms with Gasteiger partial charge in [-0.15, -0.1) is 12.4 Å². The van der Waals surface area contributed by atoms with Gasteiger partial charge < -0.3 is 14.8 Å². The molecule has 0 amide bonds. The monoisotopic (exact) mass is 537 g/mol. The van der Waals surface area contributed by atoms with E-state index >= 15 is 0 Å². The van der Waals surface area contributed by atoms with Gasteiger partial charge in [-0.05, 0) is 83.6 Å². The molecule has 6 heteroatoms. The number of rotatable bonds is 11. The molecule has 0 aromatic heterocycles. The predicted octanol–water partition coefficient (Wildman–Crippen LogP) is 7.61. The zero-order valence-corrected chi connectivity index (χ0v) is 21.6. The second kappa shape index (κ2) is 13.7. The van der Waals surface area contributed by atoms with Gasteiger partial charge in [0, 0.05) is 17.6 Å². The van der Waals surface area contributed by atoms with Crippen LogP contribution in [0.25, 0.3) is 0 Å². The molecule has 1 unspecified atom stereocenters. The Kier molecular flexibility index (Phi) is 11.4. The molecule has 1 N–H and O–H groups in total. The number of ether oxygens (including phenoxy) is 2. The highest BCUT2D eigenvalue weighted by atomic mass is 79.9. The summed E-state index contributed by atoms with van der Waals surface area (Å²) in [6.45, 7) is 6.00. The Morgan fingerprint density at radius 1 is 0.938 bits per heavy atom. The fourth-order valence-electron chi connectivity index (χ4n) is 3.28. The van der Waals surface area contributed by atoms with Crippen molar-refractivity contribution >= 4 is 39.9 Å². The third-order valence-corrected chi connectivity index (χ3v) is 5.87. The Bertz CT molecular complexity index is 952. The lowest BCUT2D eigenvalue weighted by Crippen LogP contribution is -2.26. The van der Waals surface area contributed by atoms with Crippen LogP contribution >= 0.6 is 39.9 Å². The van der Waals surface area contributed by atoms with Crippen LogP contribution in [0.3, 0.4) is 0 Å². The van der Waals surface area contributed by atoms with Gasteiger partial charge in [0.25, 0.3) is 0 Å². The minimum absolute atomic E-state index is 0. The fourth-order valence-corrected chi connectivity index (χ4v) is 4.01. The van der Waals surface area contributed by atoms with E-state index in [0.29, 0.717) is 19.3 Å². The maximum absolute atomic E-state index is 6.08. The number of hydrogen-bond donors (Lipinski definition) is 1. The first-order valence-corrected chi connectivity index (χ1v) is 11.8. The van der Waals surface area contributed by atoms with E-state index in [-0.39, 0.29) is 12.4 Å². The van der Waals surface area contributed by atoms with Gasteiger partial charge in [0.2, 0.25) is 0 Å². The number of hydrogen-bond acceptors (Lipinski definition) is 3. The lowest BCUT2D eigenvalue weighted by molar-refractivity contribution is 0.267. The number of aryl methyl sites for hydroxylation is 1. The molecule has 0 bridgehead atoms. The van der Waals surface area contributed by atoms with E-state index < -0.39 is 0 Å². The minimum atomic E-state index is 0. The van der Waals surface area contributed by atoms with Crippen LogP contribution in [0, 0.1) is 0 Å². The number of halogens is 3. The first-order valence-electron chi connectivity index (χ1n) is 10.6. The summed E-state index contributed by atoms with van der Waals surface area (Å²) in [5.74, 6) is 1.47. The summed E-state index contributed by atoms with van der Waals surface area (Å²) in [4.78, 5) is 0. The van der Waals surface area contributed by atoms with Crippen LogP contribution < -0.4 is 14.8 Å². The molecule has 3 aromatic rings. The quantitative estimate of drug-likeness (QED) is 0.272. The van der Waals surface area contributed by atoms with E-state index in [1.54, 1.807) is 0 Å². The maximum Gasteiger partial charge on any atom is 0.175 e. The van der Waals surface area contributed by atoms with Gasteiger partial charge in [-0.25, -0.2) is 0 Å². The Morgan fingerprint density at radius 2 is 1.66 bits per heavy atom. The van der Waals surface area contributed by atoms with E-state index in [1.165, 1.54) is 5.56 Å². The average molecular weight is 539 g/mol. The molecular formula is C26H30BrCl2NO2. The second-order valence-corrected chi connectivity index (χ2v) is 8.85. The largest absolute Gasteiger partial charge is 0.490 e. The smallest absolute Gasteiger partial charge is 0.175 e. The fraction of sp³-hybridized carbons (Fsp3) is 0.308. The second-order valence-electron chi connectivity index (χ2n) is 7.56. The number of benzene rings is 3. The molecule has 0 aliphatic carbocycles.